The molecule has 2 nitrogen and oxygen atoms in total. The smallest absolute Gasteiger partial charge is 0.143 e. The van der Waals surface area contributed by atoms with Crippen molar-refractivity contribution in [1.82, 2.24) is 0 Å². The topological polar surface area (TPSA) is 16.4 Å². The predicted octanol–water partition coefficient (Wildman–Crippen LogP) is -12.4. The SMILES string of the molecule is Bc1c(B)c(B)c(-c2c(B)c(B)c(-c3c(B)c(B)c(N(c4cccc(-c5cccc6oc7c8ccccc8ccc7c56)c4)c4c(B)c(B)c(-c5cc6ccccc6c6ccccc56)c(B)c4B)c(B)c3B)c(B)c2B)c(B)c1B. The summed E-state index contributed by atoms with van der Waals surface area (Å²) in [6.45, 7) is 0. The first-order valence-electron chi connectivity index (χ1n) is 28.4. The molecule has 1 aromatic heterocycles. The first-order valence-corrected chi connectivity index (χ1v) is 28.4. The van der Waals surface area contributed by atoms with Crippen molar-refractivity contribution in [2.75, 3.05) is 4.90 Å². The first kappa shape index (κ1) is 52.6. The van der Waals surface area contributed by atoms with Crippen LogP contribution in [0.5, 0.6) is 0 Å². The van der Waals surface area contributed by atoms with E-state index in [1.165, 1.54) is 165 Å². The van der Waals surface area contributed by atoms with Gasteiger partial charge in [-0.3, -0.25) is 0 Å². The average molecular weight is 991 g/mol. The van der Waals surface area contributed by atoms with Crippen LogP contribution >= 0.6 is 0 Å². The number of hydrogen-bond donors (Lipinski definition) is 0. The third kappa shape index (κ3) is 7.86. The standard InChI is InChI=1S/C60H56B17NO/c61-41-36(33-22-25-10-2-3-13-27(25)30-15-5-6-16-31(30)33)42(62)55(75)58(54(41)74)78(26-12-7-11-24(21-26)28-17-8-18-34-35(28)32-20-19-23-9-1-4-14-29(23)60(32)79-34)59-56(76)49(69)40(50(70)57(59)77)38-45(65)43(63)37(44(64)46(38)66)39-47(67)51(71)53(73)52(72)48(39)68/h1-22H,61-77H2. The maximum atomic E-state index is 6.78. The van der Waals surface area contributed by atoms with Gasteiger partial charge in [-0.25, -0.2) is 0 Å². The Bertz CT molecular complexity index is 4550. The summed E-state index contributed by atoms with van der Waals surface area (Å²) < 4.78 is 6.78. The van der Waals surface area contributed by atoms with Gasteiger partial charge in [-0.05, 0) is 102 Å². The fourth-order valence-electron chi connectivity index (χ4n) is 14.2. The Hall–Kier alpha value is -7.10. The van der Waals surface area contributed by atoms with Gasteiger partial charge in [0.15, 0.2) is 0 Å². The Labute approximate surface area is 481 Å². The Morgan fingerprint density at radius 1 is 0.278 bits per heavy atom. The van der Waals surface area contributed by atoms with Gasteiger partial charge in [-0.1, -0.05) is 180 Å². The molecule has 358 valence electrons. The lowest BCUT2D eigenvalue weighted by molar-refractivity contribution is 0.673. The van der Waals surface area contributed by atoms with Crippen molar-refractivity contribution in [3.05, 3.63) is 133 Å². The van der Waals surface area contributed by atoms with Crippen LogP contribution in [0.25, 0.3) is 98.8 Å². The third-order valence-corrected chi connectivity index (χ3v) is 19.6. The Balaban J connectivity index is 1.12. The van der Waals surface area contributed by atoms with Crippen molar-refractivity contribution in [2.24, 2.45) is 0 Å². The zero-order valence-corrected chi connectivity index (χ0v) is 49.6. The number of benzene rings is 11. The zero-order valence-electron chi connectivity index (χ0n) is 49.6. The largest absolute Gasteiger partial charge is 0.455 e. The molecule has 0 unspecified atom stereocenters. The van der Waals surface area contributed by atoms with Gasteiger partial charge < -0.3 is 9.32 Å². The third-order valence-electron chi connectivity index (χ3n) is 19.6. The summed E-state index contributed by atoms with van der Waals surface area (Å²) >= 11 is 0. The van der Waals surface area contributed by atoms with Crippen molar-refractivity contribution in [3.63, 3.8) is 0 Å². The van der Waals surface area contributed by atoms with Gasteiger partial charge in [0, 0.05) is 33.2 Å². The fourth-order valence-corrected chi connectivity index (χ4v) is 14.2. The van der Waals surface area contributed by atoms with Crippen LogP contribution in [0.2, 0.25) is 0 Å². The van der Waals surface area contributed by atoms with E-state index in [2.05, 4.69) is 272 Å². The summed E-state index contributed by atoms with van der Waals surface area (Å²) in [5.74, 6) is 0. The minimum atomic E-state index is 0.896. The average Bonchev–Trinajstić information content (AvgIpc) is 4.01. The molecule has 0 fully saturated rings. The number of nitrogens with zero attached hydrogens (tertiary/aromatic N) is 1. The van der Waals surface area contributed by atoms with Crippen LogP contribution in [-0.2, 0) is 0 Å². The van der Waals surface area contributed by atoms with Gasteiger partial charge in [0.05, 0.1) is 0 Å². The van der Waals surface area contributed by atoms with E-state index in [1.54, 1.807) is 0 Å². The molecule has 0 aliphatic heterocycles. The minimum absolute atomic E-state index is 0.896. The van der Waals surface area contributed by atoms with E-state index in [-0.39, 0.29) is 0 Å². The van der Waals surface area contributed by atoms with Crippen molar-refractivity contribution >= 4 is 298 Å². The minimum Gasteiger partial charge on any atom is -0.455 e. The second-order valence-corrected chi connectivity index (χ2v) is 23.2. The van der Waals surface area contributed by atoms with E-state index in [0.29, 0.717) is 0 Å². The molecule has 0 N–H and O–H groups in total. The molecular weight excluding hydrogens is 934 g/mol. The van der Waals surface area contributed by atoms with Crippen LogP contribution in [0.4, 0.5) is 17.1 Å². The number of fused-ring (bicyclic) bond motifs is 8. The molecule has 0 aliphatic rings. The lowest BCUT2D eigenvalue weighted by Gasteiger charge is -2.37. The Morgan fingerprint density at radius 3 is 1.27 bits per heavy atom. The van der Waals surface area contributed by atoms with Crippen molar-refractivity contribution in [2.45, 2.75) is 0 Å². The number of furan rings is 1. The van der Waals surface area contributed by atoms with Gasteiger partial charge in [-0.2, -0.15) is 0 Å². The van der Waals surface area contributed by atoms with Crippen molar-refractivity contribution < 1.29 is 4.42 Å². The molecule has 79 heavy (non-hydrogen) atoms. The molecule has 11 aromatic carbocycles. The number of anilines is 3. The van der Waals surface area contributed by atoms with Crippen LogP contribution in [0, 0.1) is 0 Å². The highest BCUT2D eigenvalue weighted by atomic mass is 16.3. The lowest BCUT2D eigenvalue weighted by atomic mass is 9.55. The van der Waals surface area contributed by atoms with Gasteiger partial charge in [0.2, 0.25) is 0 Å². The van der Waals surface area contributed by atoms with Gasteiger partial charge in [0.1, 0.15) is 145 Å². The molecule has 19 heteroatoms. The summed E-state index contributed by atoms with van der Waals surface area (Å²) in [5.41, 5.74) is 38.6. The number of rotatable bonds is 7. The maximum absolute atomic E-state index is 6.78. The van der Waals surface area contributed by atoms with E-state index >= 15 is 0 Å². The Kier molecular flexibility index (Phi) is 13.1. The molecule has 12 aromatic rings. The molecule has 0 saturated carbocycles. The van der Waals surface area contributed by atoms with Crippen LogP contribution in [0.3, 0.4) is 0 Å². The maximum Gasteiger partial charge on any atom is 0.143 e. The molecule has 0 spiro atoms. The van der Waals surface area contributed by atoms with Gasteiger partial charge in [0.25, 0.3) is 0 Å². The normalized spacial score (nSPS) is 11.6. The van der Waals surface area contributed by atoms with E-state index in [0.717, 1.165) is 44.1 Å². The predicted molar refractivity (Wildman–Crippen MR) is 402 cm³/mol. The quantitative estimate of drug-likeness (QED) is 0.117. The van der Waals surface area contributed by atoms with Crippen LogP contribution in [-0.4, -0.2) is 133 Å². The molecular formula is C60H56B17NO. The van der Waals surface area contributed by atoms with Gasteiger partial charge >= 0.3 is 0 Å². The molecule has 0 atom stereocenters. The molecule has 0 radical (unpaired) electrons. The number of hydrogen-bond acceptors (Lipinski definition) is 2. The highest BCUT2D eigenvalue weighted by Crippen LogP contribution is 2.42. The van der Waals surface area contributed by atoms with E-state index in [4.69, 9.17) is 4.42 Å². The summed E-state index contributed by atoms with van der Waals surface area (Å²) in [5, 5.41) is 9.70. The zero-order chi connectivity index (χ0) is 55.8. The molecule has 0 aliphatic carbocycles. The van der Waals surface area contributed by atoms with E-state index in [9.17, 15) is 0 Å². The summed E-state index contributed by atoms with van der Waals surface area (Å²) in [6, 6.07) is 49.1. The molecule has 0 saturated heterocycles. The van der Waals surface area contributed by atoms with Crippen LogP contribution in [0.15, 0.2) is 138 Å². The second-order valence-electron chi connectivity index (χ2n) is 23.2. The fraction of sp³-hybridized carbons (Fsp3) is 0. The van der Waals surface area contributed by atoms with E-state index in [1.807, 2.05) is 0 Å². The van der Waals surface area contributed by atoms with Crippen molar-refractivity contribution in [3.8, 4) is 44.5 Å². The molecule has 0 amide bonds. The first-order chi connectivity index (χ1) is 37.8. The Morgan fingerprint density at radius 2 is 0.709 bits per heavy atom. The molecule has 0 bridgehead atoms. The van der Waals surface area contributed by atoms with Crippen LogP contribution in [0.1, 0.15) is 0 Å². The monoisotopic (exact) mass is 994 g/mol. The highest BCUT2D eigenvalue weighted by Gasteiger charge is 2.30. The van der Waals surface area contributed by atoms with Gasteiger partial charge in [-0.15, -0.1) is 16.4 Å². The van der Waals surface area contributed by atoms with Crippen molar-refractivity contribution in [1.29, 1.82) is 0 Å². The molecule has 12 rings (SSSR count). The highest BCUT2D eigenvalue weighted by molar-refractivity contribution is 6.72. The van der Waals surface area contributed by atoms with Crippen LogP contribution < -0.4 is 97.8 Å². The summed E-state index contributed by atoms with van der Waals surface area (Å²) in [4.78, 5) is 2.64. The second kappa shape index (κ2) is 19.6. The summed E-state index contributed by atoms with van der Waals surface area (Å²) in [6.07, 6.45) is 0. The summed E-state index contributed by atoms with van der Waals surface area (Å²) in [7, 11) is 40.0. The lowest BCUT2D eigenvalue weighted by Crippen LogP contribution is -2.57. The van der Waals surface area contributed by atoms with E-state index < -0.39 is 0 Å². The molecule has 1 heterocycles.